The van der Waals surface area contributed by atoms with E-state index in [2.05, 4.69) is 27.0 Å². The molecule has 2 radical (unpaired) electrons. The van der Waals surface area contributed by atoms with Gasteiger partial charge in [0, 0.05) is 12.4 Å². The maximum Gasteiger partial charge on any atom is 0.419 e. The molecule has 0 bridgehead atoms. The van der Waals surface area contributed by atoms with E-state index in [1.165, 1.54) is 23.3 Å². The Morgan fingerprint density at radius 2 is 2.19 bits per heavy atom. The molecule has 108 valence electrons. The van der Waals surface area contributed by atoms with Gasteiger partial charge in [0.05, 0.1) is 0 Å². The molecule has 2 unspecified atom stereocenters. The average Bonchev–Trinajstić information content (AvgIpc) is 3.00. The normalized spacial score (nSPS) is 13.4. The summed E-state index contributed by atoms with van der Waals surface area (Å²) < 4.78 is 12.1. The van der Waals surface area contributed by atoms with Crippen molar-refractivity contribution in [3.05, 3.63) is 43.0 Å². The molecule has 5 nitrogen and oxygen atoms in total. The number of imidazole rings is 1. The van der Waals surface area contributed by atoms with Crippen LogP contribution in [0.15, 0.2) is 43.0 Å². The minimum absolute atomic E-state index is 0.279. The number of nitrogens with zero attached hydrogens (tertiary/aromatic N) is 2. The largest absolute Gasteiger partial charge is 0.490 e. The van der Waals surface area contributed by atoms with Crippen molar-refractivity contribution in [1.82, 2.24) is 9.55 Å². The van der Waals surface area contributed by atoms with Gasteiger partial charge in [-0.1, -0.05) is 39.6 Å². The van der Waals surface area contributed by atoms with Crippen molar-refractivity contribution >= 4 is 46.4 Å². The van der Waals surface area contributed by atoms with Crippen LogP contribution in [0.2, 0.25) is 0 Å². The molecular weight excluding hydrogens is 401 g/mol. The van der Waals surface area contributed by atoms with Gasteiger partial charge in [0.15, 0.2) is 0 Å². The van der Waals surface area contributed by atoms with Gasteiger partial charge in [-0.3, -0.25) is 0 Å². The monoisotopic (exact) mass is 414 g/mol. The highest BCUT2D eigenvalue weighted by molar-refractivity contribution is 14.2. The molecule has 1 heterocycles. The number of benzene rings is 1. The van der Waals surface area contributed by atoms with Crippen molar-refractivity contribution < 1.29 is 14.3 Å². The van der Waals surface area contributed by atoms with E-state index >= 15 is 0 Å². The molecular formula is C13H13BIN2O3P. The molecule has 0 amide bonds. The molecule has 2 aromatic rings. The van der Waals surface area contributed by atoms with E-state index in [9.17, 15) is 4.79 Å². The van der Waals surface area contributed by atoms with E-state index in [4.69, 9.17) is 17.0 Å². The van der Waals surface area contributed by atoms with Crippen LogP contribution in [-0.4, -0.2) is 35.9 Å². The molecule has 21 heavy (non-hydrogen) atoms. The van der Waals surface area contributed by atoms with E-state index in [1.807, 2.05) is 24.3 Å². The third-order valence-corrected chi connectivity index (χ3v) is 5.05. The highest BCUT2D eigenvalue weighted by Crippen LogP contribution is 2.37. The Morgan fingerprint density at radius 3 is 2.76 bits per heavy atom. The number of aromatic nitrogens is 2. The Labute approximate surface area is 138 Å². The summed E-state index contributed by atoms with van der Waals surface area (Å²) in [6.45, 7) is 2.05. The highest BCUT2D eigenvalue weighted by atomic mass is 127. The minimum atomic E-state index is -0.626. The van der Waals surface area contributed by atoms with E-state index in [0.29, 0.717) is 0 Å². The maximum absolute atomic E-state index is 11.7. The number of hydrogen-bond acceptors (Lipinski definition) is 4. The summed E-state index contributed by atoms with van der Waals surface area (Å²) in [4.78, 5) is 15.5. The molecule has 8 heteroatoms. The van der Waals surface area contributed by atoms with Crippen LogP contribution in [0.3, 0.4) is 0 Å². The first-order valence-corrected chi connectivity index (χ1v) is 10.4. The summed E-state index contributed by atoms with van der Waals surface area (Å²) in [6.07, 6.45) is 3.60. The summed E-state index contributed by atoms with van der Waals surface area (Å²) >= 11 is 2.21. The van der Waals surface area contributed by atoms with Gasteiger partial charge < -0.3 is 9.47 Å². The van der Waals surface area contributed by atoms with Crippen LogP contribution in [0, 0.1) is 0 Å². The number of carbonyl (C=O) groups excluding carboxylic acids is 1. The number of hydrogen-bond donors (Lipinski definition) is 0. The lowest BCUT2D eigenvalue weighted by Gasteiger charge is -2.14. The van der Waals surface area contributed by atoms with Gasteiger partial charge in [0.25, 0.3) is 0 Å². The van der Waals surface area contributed by atoms with E-state index in [1.54, 1.807) is 6.92 Å². The Morgan fingerprint density at radius 1 is 1.48 bits per heavy atom. The SMILES string of the molecule is [B]P(I)c1ccc(OCC(C)OC(=O)n2ccnc2)cc1. The Bertz CT molecular complexity index is 578. The fourth-order valence-corrected chi connectivity index (χ4v) is 2.93. The summed E-state index contributed by atoms with van der Waals surface area (Å²) in [5.41, 5.74) is -0.626. The van der Waals surface area contributed by atoms with Crippen LogP contribution < -0.4 is 10.0 Å². The van der Waals surface area contributed by atoms with Crippen molar-refractivity contribution in [2.45, 2.75) is 13.0 Å². The molecule has 0 aliphatic heterocycles. The van der Waals surface area contributed by atoms with E-state index in [-0.39, 0.29) is 12.7 Å². The van der Waals surface area contributed by atoms with Gasteiger partial charge in [0.1, 0.15) is 32.4 Å². The lowest BCUT2D eigenvalue weighted by atomic mass is 10.3. The number of carbonyl (C=O) groups is 1. The average molecular weight is 414 g/mol. The van der Waals surface area contributed by atoms with Gasteiger partial charge in [-0.05, 0) is 24.4 Å². The molecule has 0 aliphatic rings. The molecule has 0 saturated heterocycles. The summed E-state index contributed by atoms with van der Waals surface area (Å²) in [5.74, 6) is 0.720. The molecule has 2 rings (SSSR count). The van der Waals surface area contributed by atoms with E-state index < -0.39 is 11.5 Å². The van der Waals surface area contributed by atoms with Crippen LogP contribution in [0.1, 0.15) is 6.92 Å². The lowest BCUT2D eigenvalue weighted by Crippen LogP contribution is -2.24. The smallest absolute Gasteiger partial charge is 0.419 e. The topological polar surface area (TPSA) is 53.4 Å². The molecule has 1 aromatic carbocycles. The Hall–Kier alpha value is -1.08. The second kappa shape index (κ2) is 7.80. The zero-order valence-electron chi connectivity index (χ0n) is 11.3. The van der Waals surface area contributed by atoms with Crippen molar-refractivity contribution in [2.75, 3.05) is 6.61 Å². The van der Waals surface area contributed by atoms with E-state index in [0.717, 1.165) is 11.1 Å². The second-order valence-corrected chi connectivity index (χ2v) is 8.54. The molecule has 1 aromatic heterocycles. The van der Waals surface area contributed by atoms with Gasteiger partial charge in [-0.15, -0.1) is 0 Å². The fourth-order valence-electron chi connectivity index (χ4n) is 1.53. The van der Waals surface area contributed by atoms with Crippen molar-refractivity contribution in [3.8, 4) is 5.75 Å². The van der Waals surface area contributed by atoms with Crippen LogP contribution >= 0.6 is 27.5 Å². The highest BCUT2D eigenvalue weighted by Gasteiger charge is 2.11. The zero-order valence-corrected chi connectivity index (χ0v) is 14.4. The first-order chi connectivity index (χ1) is 10.1. The Balaban J connectivity index is 1.81. The summed E-state index contributed by atoms with van der Waals surface area (Å²) in [6, 6.07) is 7.60. The van der Waals surface area contributed by atoms with Crippen molar-refractivity contribution in [2.24, 2.45) is 0 Å². The second-order valence-electron chi connectivity index (χ2n) is 4.28. The molecule has 0 spiro atoms. The predicted octanol–water partition coefficient (Wildman–Crippen LogP) is 2.88. The number of halogens is 1. The number of ether oxygens (including phenoxy) is 2. The maximum atomic E-state index is 11.7. The quantitative estimate of drug-likeness (QED) is 0.429. The first kappa shape index (κ1) is 16.3. The van der Waals surface area contributed by atoms with Crippen LogP contribution in [0.25, 0.3) is 0 Å². The molecule has 2 atom stereocenters. The van der Waals surface area contributed by atoms with Gasteiger partial charge >= 0.3 is 6.09 Å². The van der Waals surface area contributed by atoms with Gasteiger partial charge in [0.2, 0.25) is 0 Å². The fraction of sp³-hybridized carbons (Fsp3) is 0.231. The third-order valence-electron chi connectivity index (χ3n) is 2.59. The summed E-state index contributed by atoms with van der Waals surface area (Å²) in [7, 11) is 5.83. The first-order valence-electron chi connectivity index (χ1n) is 6.18. The van der Waals surface area contributed by atoms with Crippen LogP contribution in [0.4, 0.5) is 4.79 Å². The molecule has 0 fully saturated rings. The standard InChI is InChI=1S/C13H13BIN2O3P/c1-10(20-13(18)17-7-6-16-9-17)8-19-11-2-4-12(5-3-11)21(14)15/h2-7,9-10H,8H2,1H3. The lowest BCUT2D eigenvalue weighted by molar-refractivity contribution is 0.0764. The number of rotatable bonds is 5. The zero-order chi connectivity index (χ0) is 15.2. The Kier molecular flexibility index (Phi) is 6.05. The molecule has 0 N–H and O–H groups in total. The van der Waals surface area contributed by atoms with Crippen molar-refractivity contribution in [3.63, 3.8) is 0 Å². The van der Waals surface area contributed by atoms with Crippen molar-refractivity contribution in [1.29, 1.82) is 0 Å². The third kappa shape index (κ3) is 5.00. The van der Waals surface area contributed by atoms with Gasteiger partial charge in [-0.25, -0.2) is 14.3 Å². The molecule has 0 aliphatic carbocycles. The minimum Gasteiger partial charge on any atom is -0.490 e. The predicted molar refractivity (Wildman–Crippen MR) is 91.8 cm³/mol. The molecule has 0 saturated carbocycles. The van der Waals surface area contributed by atoms with Gasteiger partial charge in [-0.2, -0.15) is 0 Å². The summed E-state index contributed by atoms with van der Waals surface area (Å²) in [5, 5.41) is 1.09. The van der Waals surface area contributed by atoms with Crippen LogP contribution in [-0.2, 0) is 4.74 Å². The van der Waals surface area contributed by atoms with Crippen LogP contribution in [0.5, 0.6) is 5.75 Å².